The van der Waals surface area contributed by atoms with Crippen molar-refractivity contribution >= 4 is 5.69 Å². The molecule has 0 atom stereocenters. The van der Waals surface area contributed by atoms with Gasteiger partial charge in [-0.05, 0) is 31.2 Å². The van der Waals surface area contributed by atoms with Gasteiger partial charge in [0.1, 0.15) is 0 Å². The van der Waals surface area contributed by atoms with Gasteiger partial charge in [0.15, 0.2) is 11.5 Å². The fourth-order valence-electron chi connectivity index (χ4n) is 1.61. The number of rotatable bonds is 3. The van der Waals surface area contributed by atoms with Crippen LogP contribution in [0.4, 0.5) is 5.69 Å². The van der Waals surface area contributed by atoms with Crippen molar-refractivity contribution in [2.24, 2.45) is 0 Å². The predicted molar refractivity (Wildman–Crippen MR) is 67.7 cm³/mol. The first-order valence-corrected chi connectivity index (χ1v) is 5.48. The summed E-state index contributed by atoms with van der Waals surface area (Å²) in [5.41, 5.74) is 2.19. The zero-order valence-electron chi connectivity index (χ0n) is 9.88. The van der Waals surface area contributed by atoms with Crippen molar-refractivity contribution in [2.45, 2.75) is 13.5 Å². The highest BCUT2D eigenvalue weighted by Crippen LogP contribution is 2.37. The second-order valence-electron chi connectivity index (χ2n) is 3.93. The lowest BCUT2D eigenvalue weighted by Gasteiger charge is -2.11. The average molecular weight is 246 g/mol. The highest BCUT2D eigenvalue weighted by atomic mass is 16.3. The highest BCUT2D eigenvalue weighted by Gasteiger charge is 2.10. The summed E-state index contributed by atoms with van der Waals surface area (Å²) in [6.07, 6.45) is 1.70. The topological polar surface area (TPSA) is 85.6 Å². The Bertz CT molecular complexity index is 570. The van der Waals surface area contributed by atoms with Crippen LogP contribution in [-0.2, 0) is 6.54 Å². The van der Waals surface area contributed by atoms with Crippen molar-refractivity contribution in [3.63, 3.8) is 0 Å². The Balaban J connectivity index is 2.17. The molecule has 0 bridgehead atoms. The fourth-order valence-corrected chi connectivity index (χ4v) is 1.61. The maximum absolute atomic E-state index is 9.66. The van der Waals surface area contributed by atoms with Gasteiger partial charge in [0.2, 0.25) is 5.75 Å². The Morgan fingerprint density at radius 2 is 1.89 bits per heavy atom. The molecule has 0 fully saturated rings. The number of benzene rings is 1. The number of nitrogens with one attached hydrogen (secondary N) is 1. The molecule has 1 heterocycles. The lowest BCUT2D eigenvalue weighted by molar-refractivity contribution is 0.365. The summed E-state index contributed by atoms with van der Waals surface area (Å²) in [7, 11) is 0. The van der Waals surface area contributed by atoms with Gasteiger partial charge in [-0.15, -0.1) is 0 Å². The van der Waals surface area contributed by atoms with Crippen LogP contribution in [0.2, 0.25) is 0 Å². The number of hydrogen-bond acceptors (Lipinski definition) is 5. The lowest BCUT2D eigenvalue weighted by atomic mass is 10.1. The number of hydrogen-bond donors (Lipinski definition) is 4. The van der Waals surface area contributed by atoms with E-state index in [4.69, 9.17) is 0 Å². The summed E-state index contributed by atoms with van der Waals surface area (Å²) in [5.74, 6) is -1.16. The Morgan fingerprint density at radius 1 is 1.11 bits per heavy atom. The van der Waals surface area contributed by atoms with E-state index in [1.165, 1.54) is 6.07 Å². The molecule has 94 valence electrons. The summed E-state index contributed by atoms with van der Waals surface area (Å²) in [5, 5.41) is 31.4. The second kappa shape index (κ2) is 4.83. The Morgan fingerprint density at radius 3 is 2.61 bits per heavy atom. The molecule has 0 aliphatic carbocycles. The third-order valence-electron chi connectivity index (χ3n) is 2.69. The molecule has 0 spiro atoms. The summed E-state index contributed by atoms with van der Waals surface area (Å²) in [6.45, 7) is 2.20. The molecule has 1 aromatic heterocycles. The summed E-state index contributed by atoms with van der Waals surface area (Å²) in [4.78, 5) is 4.13. The van der Waals surface area contributed by atoms with Crippen molar-refractivity contribution in [2.75, 3.05) is 5.32 Å². The molecular weight excluding hydrogens is 232 g/mol. The maximum Gasteiger partial charge on any atom is 0.200 e. The molecule has 0 saturated heterocycles. The van der Waals surface area contributed by atoms with E-state index < -0.39 is 5.75 Å². The number of phenols is 3. The van der Waals surface area contributed by atoms with Crippen LogP contribution >= 0.6 is 0 Å². The lowest BCUT2D eigenvalue weighted by Crippen LogP contribution is -2.02. The smallest absolute Gasteiger partial charge is 0.200 e. The second-order valence-corrected chi connectivity index (χ2v) is 3.93. The largest absolute Gasteiger partial charge is 0.504 e. The zero-order chi connectivity index (χ0) is 13.1. The maximum atomic E-state index is 9.66. The van der Waals surface area contributed by atoms with Gasteiger partial charge < -0.3 is 20.6 Å². The molecule has 0 radical (unpaired) electrons. The van der Waals surface area contributed by atoms with Crippen LogP contribution in [0.1, 0.15) is 11.3 Å². The molecule has 2 aromatic rings. The molecular formula is C13H14N2O3. The number of aryl methyl sites for hydroxylation is 1. The van der Waals surface area contributed by atoms with E-state index in [2.05, 4.69) is 10.3 Å². The molecule has 1 aromatic carbocycles. The first kappa shape index (κ1) is 12.0. The Hall–Kier alpha value is -2.43. The van der Waals surface area contributed by atoms with Crippen molar-refractivity contribution in [3.05, 3.63) is 41.7 Å². The number of aromatic hydroxyl groups is 3. The van der Waals surface area contributed by atoms with E-state index in [-0.39, 0.29) is 11.5 Å². The zero-order valence-corrected chi connectivity index (χ0v) is 9.88. The van der Waals surface area contributed by atoms with Gasteiger partial charge in [0.05, 0.1) is 11.4 Å². The molecule has 0 unspecified atom stereocenters. The first-order chi connectivity index (χ1) is 8.59. The van der Waals surface area contributed by atoms with Gasteiger partial charge in [-0.3, -0.25) is 4.98 Å². The third kappa shape index (κ3) is 2.29. The van der Waals surface area contributed by atoms with Gasteiger partial charge in [-0.2, -0.15) is 0 Å². The first-order valence-electron chi connectivity index (χ1n) is 5.48. The summed E-state index contributed by atoms with van der Waals surface area (Å²) < 4.78 is 0. The van der Waals surface area contributed by atoms with Crippen molar-refractivity contribution in [1.82, 2.24) is 4.98 Å². The monoisotopic (exact) mass is 246 g/mol. The SMILES string of the molecule is Cc1ncccc1NCc1ccc(O)c(O)c1O. The number of aromatic nitrogens is 1. The Labute approximate surface area is 104 Å². The van der Waals surface area contributed by atoms with E-state index >= 15 is 0 Å². The minimum absolute atomic E-state index is 0.316. The van der Waals surface area contributed by atoms with E-state index in [0.717, 1.165) is 11.4 Å². The predicted octanol–water partition coefficient (Wildman–Crippen LogP) is 2.12. The van der Waals surface area contributed by atoms with Gasteiger partial charge >= 0.3 is 0 Å². The van der Waals surface area contributed by atoms with Crippen LogP contribution in [-0.4, -0.2) is 20.3 Å². The van der Waals surface area contributed by atoms with Crippen LogP contribution in [0.15, 0.2) is 30.5 Å². The molecule has 5 heteroatoms. The van der Waals surface area contributed by atoms with E-state index in [1.54, 1.807) is 12.3 Å². The summed E-state index contributed by atoms with van der Waals surface area (Å²) in [6, 6.07) is 6.56. The van der Waals surface area contributed by atoms with Gasteiger partial charge in [-0.1, -0.05) is 0 Å². The number of pyridine rings is 1. The van der Waals surface area contributed by atoms with Crippen LogP contribution in [0, 0.1) is 6.92 Å². The minimum atomic E-state index is -0.503. The fraction of sp³-hybridized carbons (Fsp3) is 0.154. The molecule has 2 rings (SSSR count). The molecule has 18 heavy (non-hydrogen) atoms. The van der Waals surface area contributed by atoms with E-state index in [0.29, 0.717) is 12.1 Å². The quantitative estimate of drug-likeness (QED) is 0.623. The van der Waals surface area contributed by atoms with Crippen molar-refractivity contribution < 1.29 is 15.3 Å². The molecule has 0 saturated carbocycles. The molecule has 0 aliphatic heterocycles. The number of anilines is 1. The van der Waals surface area contributed by atoms with E-state index in [1.807, 2.05) is 19.1 Å². The van der Waals surface area contributed by atoms with Crippen molar-refractivity contribution in [1.29, 1.82) is 0 Å². The Kier molecular flexibility index (Phi) is 3.23. The third-order valence-corrected chi connectivity index (χ3v) is 2.69. The van der Waals surface area contributed by atoms with Crippen LogP contribution in [0.25, 0.3) is 0 Å². The molecule has 4 N–H and O–H groups in total. The number of nitrogens with zero attached hydrogens (tertiary/aromatic N) is 1. The van der Waals surface area contributed by atoms with E-state index in [9.17, 15) is 15.3 Å². The normalized spacial score (nSPS) is 10.3. The standard InChI is InChI=1S/C13H14N2O3/c1-8-10(3-2-6-14-8)15-7-9-4-5-11(16)13(18)12(9)17/h2-6,15-18H,7H2,1H3. The highest BCUT2D eigenvalue weighted by molar-refractivity contribution is 5.55. The van der Waals surface area contributed by atoms with Gasteiger partial charge in [0.25, 0.3) is 0 Å². The minimum Gasteiger partial charge on any atom is -0.504 e. The van der Waals surface area contributed by atoms with Crippen LogP contribution < -0.4 is 5.32 Å². The molecule has 0 aliphatic rings. The van der Waals surface area contributed by atoms with Crippen LogP contribution in [0.5, 0.6) is 17.2 Å². The van der Waals surface area contributed by atoms with Gasteiger partial charge in [0, 0.05) is 18.3 Å². The van der Waals surface area contributed by atoms with Gasteiger partial charge in [-0.25, -0.2) is 0 Å². The van der Waals surface area contributed by atoms with Crippen molar-refractivity contribution in [3.8, 4) is 17.2 Å². The average Bonchev–Trinajstić information content (AvgIpc) is 2.37. The molecule has 0 amide bonds. The summed E-state index contributed by atoms with van der Waals surface area (Å²) >= 11 is 0. The number of phenolic OH excluding ortho intramolecular Hbond substituents is 3. The molecule has 5 nitrogen and oxygen atoms in total. The van der Waals surface area contributed by atoms with Crippen LogP contribution in [0.3, 0.4) is 0 Å².